The first-order chi connectivity index (χ1) is 6.31. The number of aromatic nitrogens is 1. The number of hydrogen-bond acceptors (Lipinski definition) is 2. The molecule has 0 bridgehead atoms. The number of nitrogens with zero attached hydrogens (tertiary/aromatic N) is 1. The second-order valence-electron chi connectivity index (χ2n) is 3.06. The van der Waals surface area contributed by atoms with Crippen molar-refractivity contribution in [3.05, 3.63) is 36.0 Å². The molecule has 66 valence electrons. The molecule has 0 unspecified atom stereocenters. The summed E-state index contributed by atoms with van der Waals surface area (Å²) < 4.78 is 0. The highest BCUT2D eigenvalue weighted by Crippen LogP contribution is 2.19. The van der Waals surface area contributed by atoms with Crippen LogP contribution in [0.5, 0.6) is 0 Å². The van der Waals surface area contributed by atoms with Gasteiger partial charge in [0.05, 0.1) is 0 Å². The highest BCUT2D eigenvalue weighted by atomic mass is 15.0. The number of benzene rings is 1. The minimum absolute atomic E-state index is 0.927. The topological polar surface area (TPSA) is 24.9 Å². The normalized spacial score (nSPS) is 10.3. The fourth-order valence-corrected chi connectivity index (χ4v) is 1.50. The Bertz CT molecular complexity index is 435. The van der Waals surface area contributed by atoms with Crippen LogP contribution in [0.3, 0.4) is 0 Å². The fourth-order valence-electron chi connectivity index (χ4n) is 1.50. The van der Waals surface area contributed by atoms with Gasteiger partial charge in [0.1, 0.15) is 5.82 Å². The van der Waals surface area contributed by atoms with E-state index in [1.807, 2.05) is 26.1 Å². The number of nitrogens with one attached hydrogen (secondary N) is 1. The van der Waals surface area contributed by atoms with Crippen LogP contribution in [0.4, 0.5) is 5.82 Å². The predicted molar refractivity (Wildman–Crippen MR) is 56.0 cm³/mol. The third-order valence-electron chi connectivity index (χ3n) is 2.19. The van der Waals surface area contributed by atoms with E-state index in [9.17, 15) is 0 Å². The first kappa shape index (κ1) is 8.05. The monoisotopic (exact) mass is 172 g/mol. The number of rotatable bonds is 1. The molecule has 0 saturated carbocycles. The van der Waals surface area contributed by atoms with Crippen molar-refractivity contribution in [1.82, 2.24) is 4.98 Å². The van der Waals surface area contributed by atoms with Gasteiger partial charge in [0.25, 0.3) is 0 Å². The van der Waals surface area contributed by atoms with E-state index in [2.05, 4.69) is 28.5 Å². The lowest BCUT2D eigenvalue weighted by Gasteiger charge is -2.04. The Balaban J connectivity index is 2.77. The van der Waals surface area contributed by atoms with E-state index in [0.717, 1.165) is 11.5 Å². The molecule has 13 heavy (non-hydrogen) atoms. The van der Waals surface area contributed by atoms with Gasteiger partial charge in [-0.15, -0.1) is 0 Å². The molecule has 1 heterocycles. The maximum atomic E-state index is 4.41. The van der Waals surface area contributed by atoms with Gasteiger partial charge in [-0.1, -0.05) is 24.3 Å². The molecule has 1 N–H and O–H groups in total. The van der Waals surface area contributed by atoms with Crippen LogP contribution in [-0.4, -0.2) is 12.0 Å². The standard InChI is InChI=1S/C11H12N2/c1-8-10-6-4-3-5-9(10)7-11(12-2)13-8/h3-7H,1-2H3,(H,12,13). The molecule has 1 aromatic heterocycles. The maximum Gasteiger partial charge on any atom is 0.126 e. The summed E-state index contributed by atoms with van der Waals surface area (Å²) in [5.74, 6) is 0.927. The van der Waals surface area contributed by atoms with Gasteiger partial charge in [0, 0.05) is 18.1 Å². The van der Waals surface area contributed by atoms with Crippen LogP contribution in [0.25, 0.3) is 10.8 Å². The van der Waals surface area contributed by atoms with Crippen molar-refractivity contribution in [3.63, 3.8) is 0 Å². The van der Waals surface area contributed by atoms with E-state index in [-0.39, 0.29) is 0 Å². The Morgan fingerprint density at radius 1 is 1.23 bits per heavy atom. The Morgan fingerprint density at radius 2 is 2.00 bits per heavy atom. The van der Waals surface area contributed by atoms with E-state index in [1.54, 1.807) is 0 Å². The summed E-state index contributed by atoms with van der Waals surface area (Å²) in [7, 11) is 1.89. The van der Waals surface area contributed by atoms with Crippen LogP contribution >= 0.6 is 0 Å². The molecule has 1 aromatic carbocycles. The van der Waals surface area contributed by atoms with Crippen LogP contribution in [0.2, 0.25) is 0 Å². The summed E-state index contributed by atoms with van der Waals surface area (Å²) in [5, 5.41) is 5.51. The minimum atomic E-state index is 0.927. The molecule has 2 heteroatoms. The van der Waals surface area contributed by atoms with E-state index in [1.165, 1.54) is 10.8 Å². The Kier molecular flexibility index (Phi) is 1.89. The summed E-state index contributed by atoms with van der Waals surface area (Å²) >= 11 is 0. The Morgan fingerprint density at radius 3 is 2.77 bits per heavy atom. The minimum Gasteiger partial charge on any atom is -0.373 e. The summed E-state index contributed by atoms with van der Waals surface area (Å²) in [6.07, 6.45) is 0. The van der Waals surface area contributed by atoms with Crippen molar-refractivity contribution in [1.29, 1.82) is 0 Å². The molecule has 2 aromatic rings. The molecular formula is C11H12N2. The third kappa shape index (κ3) is 1.35. The lowest BCUT2D eigenvalue weighted by Crippen LogP contribution is -1.94. The van der Waals surface area contributed by atoms with Crippen LogP contribution in [0.15, 0.2) is 30.3 Å². The molecule has 0 aliphatic carbocycles. The molecule has 0 radical (unpaired) electrons. The number of pyridine rings is 1. The molecule has 0 spiro atoms. The van der Waals surface area contributed by atoms with Gasteiger partial charge >= 0.3 is 0 Å². The van der Waals surface area contributed by atoms with Crippen LogP contribution in [0, 0.1) is 6.92 Å². The van der Waals surface area contributed by atoms with Crippen LogP contribution in [-0.2, 0) is 0 Å². The van der Waals surface area contributed by atoms with Crippen LogP contribution < -0.4 is 5.32 Å². The third-order valence-corrected chi connectivity index (χ3v) is 2.19. The van der Waals surface area contributed by atoms with Gasteiger partial charge in [0.2, 0.25) is 0 Å². The largest absolute Gasteiger partial charge is 0.373 e. The van der Waals surface area contributed by atoms with Crippen molar-refractivity contribution in [3.8, 4) is 0 Å². The van der Waals surface area contributed by atoms with Gasteiger partial charge in [-0.05, 0) is 18.4 Å². The van der Waals surface area contributed by atoms with Gasteiger partial charge in [-0.25, -0.2) is 4.98 Å². The lowest BCUT2D eigenvalue weighted by molar-refractivity contribution is 1.22. The SMILES string of the molecule is CNc1cc2ccccc2c(C)n1. The molecule has 0 aliphatic heterocycles. The molecule has 0 atom stereocenters. The second-order valence-corrected chi connectivity index (χ2v) is 3.06. The molecular weight excluding hydrogens is 160 g/mol. The molecule has 2 nitrogen and oxygen atoms in total. The van der Waals surface area contributed by atoms with Crippen molar-refractivity contribution < 1.29 is 0 Å². The summed E-state index contributed by atoms with van der Waals surface area (Å²) in [6.45, 7) is 2.03. The maximum absolute atomic E-state index is 4.41. The van der Waals surface area contributed by atoms with E-state index < -0.39 is 0 Å². The van der Waals surface area contributed by atoms with Crippen LogP contribution in [0.1, 0.15) is 5.69 Å². The summed E-state index contributed by atoms with van der Waals surface area (Å²) in [4.78, 5) is 4.41. The highest BCUT2D eigenvalue weighted by Gasteiger charge is 1.99. The zero-order valence-corrected chi connectivity index (χ0v) is 7.83. The van der Waals surface area contributed by atoms with Gasteiger partial charge in [-0.3, -0.25) is 0 Å². The zero-order chi connectivity index (χ0) is 9.26. The first-order valence-electron chi connectivity index (χ1n) is 4.35. The number of anilines is 1. The van der Waals surface area contributed by atoms with Crippen molar-refractivity contribution >= 4 is 16.6 Å². The van der Waals surface area contributed by atoms with E-state index in [0.29, 0.717) is 0 Å². The highest BCUT2D eigenvalue weighted by molar-refractivity contribution is 5.86. The van der Waals surface area contributed by atoms with Crippen molar-refractivity contribution in [2.75, 3.05) is 12.4 Å². The predicted octanol–water partition coefficient (Wildman–Crippen LogP) is 2.58. The quantitative estimate of drug-likeness (QED) is 0.715. The summed E-state index contributed by atoms with van der Waals surface area (Å²) in [5.41, 5.74) is 1.07. The summed E-state index contributed by atoms with van der Waals surface area (Å²) in [6, 6.07) is 10.3. The van der Waals surface area contributed by atoms with Gasteiger partial charge in [-0.2, -0.15) is 0 Å². The lowest BCUT2D eigenvalue weighted by atomic mass is 10.1. The Hall–Kier alpha value is -1.57. The molecule has 0 saturated heterocycles. The number of aryl methyl sites for hydroxylation is 1. The fraction of sp³-hybridized carbons (Fsp3) is 0.182. The first-order valence-corrected chi connectivity index (χ1v) is 4.35. The van der Waals surface area contributed by atoms with Crippen molar-refractivity contribution in [2.24, 2.45) is 0 Å². The van der Waals surface area contributed by atoms with Crippen molar-refractivity contribution in [2.45, 2.75) is 6.92 Å². The van der Waals surface area contributed by atoms with E-state index >= 15 is 0 Å². The second kappa shape index (κ2) is 3.05. The van der Waals surface area contributed by atoms with Gasteiger partial charge < -0.3 is 5.32 Å². The molecule has 0 aliphatic rings. The molecule has 2 rings (SSSR count). The average Bonchev–Trinajstić information content (AvgIpc) is 2.18. The number of hydrogen-bond donors (Lipinski definition) is 1. The Labute approximate surface area is 77.6 Å². The smallest absolute Gasteiger partial charge is 0.126 e. The molecule has 0 fully saturated rings. The zero-order valence-electron chi connectivity index (χ0n) is 7.83. The number of fused-ring (bicyclic) bond motifs is 1. The van der Waals surface area contributed by atoms with E-state index in [4.69, 9.17) is 0 Å². The molecule has 0 amide bonds. The van der Waals surface area contributed by atoms with Gasteiger partial charge in [0.15, 0.2) is 0 Å². The average molecular weight is 172 g/mol.